The minimum absolute atomic E-state index is 0. The van der Waals surface area contributed by atoms with Crippen molar-refractivity contribution in [1.29, 1.82) is 0 Å². The first kappa shape index (κ1) is 23.8. The molecule has 1 unspecified atom stereocenters. The van der Waals surface area contributed by atoms with Gasteiger partial charge in [0.2, 0.25) is 0 Å². The van der Waals surface area contributed by atoms with Crippen molar-refractivity contribution in [2.24, 2.45) is 4.99 Å². The van der Waals surface area contributed by atoms with Crippen molar-refractivity contribution in [3.63, 3.8) is 0 Å². The normalized spacial score (nSPS) is 12.1. The molecule has 0 bridgehead atoms. The molecule has 3 rings (SSSR count). The van der Waals surface area contributed by atoms with E-state index >= 15 is 0 Å². The number of aromatic nitrogens is 3. The van der Waals surface area contributed by atoms with Crippen molar-refractivity contribution >= 4 is 29.9 Å². The lowest BCUT2D eigenvalue weighted by molar-refractivity contribution is 0.0646. The molecule has 1 aromatic carbocycles. The first-order valence-corrected chi connectivity index (χ1v) is 9.80. The molecule has 1 atom stereocenters. The van der Waals surface area contributed by atoms with E-state index in [0.717, 1.165) is 30.3 Å². The summed E-state index contributed by atoms with van der Waals surface area (Å²) in [6.45, 7) is 4.22. The van der Waals surface area contributed by atoms with Crippen molar-refractivity contribution in [3.05, 3.63) is 78.5 Å². The maximum Gasteiger partial charge on any atom is 0.191 e. The number of benzene rings is 1. The van der Waals surface area contributed by atoms with Crippen LogP contribution in [0.1, 0.15) is 30.6 Å². The van der Waals surface area contributed by atoms with Gasteiger partial charge in [-0.3, -0.25) is 9.56 Å². The summed E-state index contributed by atoms with van der Waals surface area (Å²) in [6, 6.07) is 14.3. The smallest absolute Gasteiger partial charge is 0.191 e. The number of hydrogen-bond acceptors (Lipinski definition) is 4. The molecule has 3 aromatic rings. The van der Waals surface area contributed by atoms with Gasteiger partial charge in [-0.05, 0) is 36.6 Å². The van der Waals surface area contributed by atoms with Gasteiger partial charge in [0.05, 0.1) is 6.10 Å². The van der Waals surface area contributed by atoms with Gasteiger partial charge in [-0.2, -0.15) is 0 Å². The van der Waals surface area contributed by atoms with Gasteiger partial charge in [0.1, 0.15) is 12.1 Å². The molecular weight excluding hydrogens is 491 g/mol. The highest BCUT2D eigenvalue weighted by molar-refractivity contribution is 14.0. The minimum Gasteiger partial charge on any atom is -0.374 e. The topological polar surface area (TPSA) is 76.4 Å². The quantitative estimate of drug-likeness (QED) is 0.195. The Morgan fingerprint density at radius 1 is 1.17 bits per heavy atom. The van der Waals surface area contributed by atoms with Crippen molar-refractivity contribution < 1.29 is 4.74 Å². The number of guanidine groups is 1. The van der Waals surface area contributed by atoms with Crippen LogP contribution in [0.2, 0.25) is 0 Å². The van der Waals surface area contributed by atoms with E-state index in [1.54, 1.807) is 25.8 Å². The Labute approximate surface area is 195 Å². The van der Waals surface area contributed by atoms with Crippen LogP contribution in [0.5, 0.6) is 0 Å². The Balaban J connectivity index is 0.00000320. The SMILES string of the molecule is CN=C(NCCCOC(C)c1ccccc1)NCc1ccnc(-n2ccnc2)c1.I. The third kappa shape index (κ3) is 7.42. The second-order valence-corrected chi connectivity index (χ2v) is 6.62. The fourth-order valence-corrected chi connectivity index (χ4v) is 2.87. The maximum absolute atomic E-state index is 5.91. The van der Waals surface area contributed by atoms with Crippen LogP contribution >= 0.6 is 24.0 Å². The summed E-state index contributed by atoms with van der Waals surface area (Å²) in [5.74, 6) is 1.61. The first-order chi connectivity index (χ1) is 14.3. The van der Waals surface area contributed by atoms with Gasteiger partial charge >= 0.3 is 0 Å². The van der Waals surface area contributed by atoms with Gasteiger partial charge in [-0.15, -0.1) is 24.0 Å². The zero-order chi connectivity index (χ0) is 20.3. The van der Waals surface area contributed by atoms with Gasteiger partial charge in [0.25, 0.3) is 0 Å². The minimum atomic E-state index is 0. The number of imidazole rings is 1. The average Bonchev–Trinajstić information content (AvgIpc) is 3.31. The molecule has 2 heterocycles. The third-order valence-corrected chi connectivity index (χ3v) is 4.51. The van der Waals surface area contributed by atoms with Gasteiger partial charge in [0.15, 0.2) is 5.96 Å². The molecule has 30 heavy (non-hydrogen) atoms. The number of aliphatic imine (C=N–C) groups is 1. The molecule has 7 nitrogen and oxygen atoms in total. The highest BCUT2D eigenvalue weighted by Gasteiger charge is 2.05. The predicted molar refractivity (Wildman–Crippen MR) is 130 cm³/mol. The van der Waals surface area contributed by atoms with E-state index in [4.69, 9.17) is 4.74 Å². The molecule has 160 valence electrons. The van der Waals surface area contributed by atoms with E-state index in [9.17, 15) is 0 Å². The summed E-state index contributed by atoms with van der Waals surface area (Å²) >= 11 is 0. The van der Waals surface area contributed by atoms with Crippen molar-refractivity contribution in [3.8, 4) is 5.82 Å². The maximum atomic E-state index is 5.91. The van der Waals surface area contributed by atoms with E-state index < -0.39 is 0 Å². The van der Waals surface area contributed by atoms with E-state index in [-0.39, 0.29) is 30.1 Å². The summed E-state index contributed by atoms with van der Waals surface area (Å²) < 4.78 is 7.79. The Bertz CT molecular complexity index is 886. The number of ether oxygens (including phenoxy) is 1. The Morgan fingerprint density at radius 3 is 2.73 bits per heavy atom. The Kier molecular flexibility index (Phi) is 10.3. The van der Waals surface area contributed by atoms with E-state index in [1.807, 2.05) is 41.1 Å². The third-order valence-electron chi connectivity index (χ3n) is 4.51. The van der Waals surface area contributed by atoms with Crippen LogP contribution in [-0.4, -0.2) is 40.7 Å². The number of rotatable bonds is 9. The number of hydrogen-bond donors (Lipinski definition) is 2. The van der Waals surface area contributed by atoms with Crippen LogP contribution in [-0.2, 0) is 11.3 Å². The molecule has 0 amide bonds. The lowest BCUT2D eigenvalue weighted by atomic mass is 10.1. The number of nitrogens with zero attached hydrogens (tertiary/aromatic N) is 4. The molecule has 0 aliphatic rings. The fourth-order valence-electron chi connectivity index (χ4n) is 2.87. The van der Waals surface area contributed by atoms with Crippen molar-refractivity contribution in [2.45, 2.75) is 26.0 Å². The first-order valence-electron chi connectivity index (χ1n) is 9.80. The second-order valence-electron chi connectivity index (χ2n) is 6.62. The molecule has 0 aliphatic carbocycles. The van der Waals surface area contributed by atoms with Crippen molar-refractivity contribution in [2.75, 3.05) is 20.2 Å². The summed E-state index contributed by atoms with van der Waals surface area (Å²) in [4.78, 5) is 12.7. The molecule has 2 aromatic heterocycles. The predicted octanol–water partition coefficient (Wildman–Crippen LogP) is 3.72. The number of halogens is 1. The Hall–Kier alpha value is -2.46. The summed E-state index contributed by atoms with van der Waals surface area (Å²) in [5, 5.41) is 6.65. The highest BCUT2D eigenvalue weighted by Crippen LogP contribution is 2.15. The van der Waals surface area contributed by atoms with Crippen LogP contribution in [0.15, 0.2) is 72.4 Å². The monoisotopic (exact) mass is 520 g/mol. The zero-order valence-electron chi connectivity index (χ0n) is 17.4. The number of nitrogens with one attached hydrogen (secondary N) is 2. The van der Waals surface area contributed by atoms with Gasteiger partial charge < -0.3 is 15.4 Å². The molecule has 0 aliphatic heterocycles. The van der Waals surface area contributed by atoms with Crippen LogP contribution in [0.4, 0.5) is 0 Å². The second kappa shape index (κ2) is 13.0. The van der Waals surface area contributed by atoms with Gasteiger partial charge in [-0.1, -0.05) is 30.3 Å². The fraction of sp³-hybridized carbons (Fsp3) is 0.318. The van der Waals surface area contributed by atoms with E-state index in [2.05, 4.69) is 44.7 Å². The largest absolute Gasteiger partial charge is 0.374 e. The van der Waals surface area contributed by atoms with Gasteiger partial charge in [-0.25, -0.2) is 9.97 Å². The average molecular weight is 520 g/mol. The molecule has 0 saturated carbocycles. The summed E-state index contributed by atoms with van der Waals surface area (Å²) in [7, 11) is 1.77. The van der Waals surface area contributed by atoms with Crippen LogP contribution < -0.4 is 10.6 Å². The number of pyridine rings is 1. The molecule has 0 fully saturated rings. The Morgan fingerprint density at radius 2 is 2.00 bits per heavy atom. The summed E-state index contributed by atoms with van der Waals surface area (Å²) in [6.07, 6.45) is 8.15. The molecule has 0 spiro atoms. The lowest BCUT2D eigenvalue weighted by Gasteiger charge is -2.15. The van der Waals surface area contributed by atoms with Crippen LogP contribution in [0.25, 0.3) is 5.82 Å². The van der Waals surface area contributed by atoms with Crippen LogP contribution in [0.3, 0.4) is 0 Å². The summed E-state index contributed by atoms with van der Waals surface area (Å²) in [5.41, 5.74) is 2.32. The van der Waals surface area contributed by atoms with E-state index in [1.165, 1.54) is 5.56 Å². The van der Waals surface area contributed by atoms with Crippen molar-refractivity contribution in [1.82, 2.24) is 25.2 Å². The zero-order valence-corrected chi connectivity index (χ0v) is 19.7. The lowest BCUT2D eigenvalue weighted by Crippen LogP contribution is -2.37. The molecule has 0 saturated heterocycles. The molecule has 2 N–H and O–H groups in total. The van der Waals surface area contributed by atoms with E-state index in [0.29, 0.717) is 13.2 Å². The highest BCUT2D eigenvalue weighted by atomic mass is 127. The molecular formula is C22H29IN6O. The standard InChI is InChI=1S/C22H28N6O.HI/c1-18(20-7-4-3-5-8-20)29-14-6-10-26-22(23-2)27-16-19-9-11-25-21(15-19)28-13-12-24-17-28;/h3-5,7-9,11-13,15,17-18H,6,10,14,16H2,1-2H3,(H2,23,26,27);1H. The molecule has 8 heteroatoms. The van der Waals surface area contributed by atoms with Crippen LogP contribution in [0, 0.1) is 0 Å². The van der Waals surface area contributed by atoms with Gasteiger partial charge in [0, 0.05) is 45.3 Å². The molecule has 0 radical (unpaired) electrons.